The lowest BCUT2D eigenvalue weighted by Crippen LogP contribution is -2.75. The summed E-state index contributed by atoms with van der Waals surface area (Å²) < 4.78 is 6.09. The molecule has 98 valence electrons. The summed E-state index contributed by atoms with van der Waals surface area (Å²) in [5.74, 6) is 0. The van der Waals surface area contributed by atoms with E-state index in [1.54, 1.807) is 0 Å². The Kier molecular flexibility index (Phi) is 9.16. The maximum absolute atomic E-state index is 6.09. The molecule has 0 aliphatic heterocycles. The molecule has 0 aromatic rings. The maximum Gasteiger partial charge on any atom is 0.440 e. The van der Waals surface area contributed by atoms with Crippen LogP contribution in [0.25, 0.3) is 0 Å². The van der Waals surface area contributed by atoms with E-state index in [2.05, 4.69) is 49.6 Å². The van der Waals surface area contributed by atoms with E-state index in [1.807, 2.05) is 0 Å². The van der Waals surface area contributed by atoms with Crippen molar-refractivity contribution in [1.82, 2.24) is 14.9 Å². The Balaban J connectivity index is 4.45. The number of hydrogen-bond acceptors (Lipinski definition) is 4. The molecule has 0 aromatic carbocycles. The molecule has 0 saturated carbocycles. The van der Waals surface area contributed by atoms with Gasteiger partial charge in [0.15, 0.2) is 0 Å². The third-order valence-electron chi connectivity index (χ3n) is 2.09. The molecule has 0 amide bonds. The van der Waals surface area contributed by atoms with Crippen molar-refractivity contribution in [2.24, 2.45) is 0 Å². The van der Waals surface area contributed by atoms with Crippen molar-refractivity contribution in [3.8, 4) is 0 Å². The molecule has 0 aliphatic rings. The van der Waals surface area contributed by atoms with E-state index in [0.29, 0.717) is 0 Å². The third kappa shape index (κ3) is 6.60. The van der Waals surface area contributed by atoms with E-state index in [9.17, 15) is 0 Å². The van der Waals surface area contributed by atoms with Gasteiger partial charge < -0.3 is 4.43 Å². The molecule has 0 aromatic heterocycles. The lowest BCUT2D eigenvalue weighted by Gasteiger charge is -2.33. The Morgan fingerprint density at radius 1 is 0.938 bits per heavy atom. The fraction of sp³-hybridized carbons (Fsp3) is 1.00. The highest BCUT2D eigenvalue weighted by molar-refractivity contribution is 6.66. The third-order valence-corrected chi connectivity index (χ3v) is 5.26. The van der Waals surface area contributed by atoms with E-state index in [0.717, 1.165) is 32.5 Å². The number of hydrogen-bond donors (Lipinski definition) is 3. The second-order valence-corrected chi connectivity index (χ2v) is 6.89. The molecule has 0 radical (unpaired) electrons. The Hall–Kier alpha value is 0.0569. The largest absolute Gasteiger partial charge is 0.440 e. The smallest absolute Gasteiger partial charge is 0.378 e. The normalized spacial score (nSPS) is 12.4. The quantitative estimate of drug-likeness (QED) is 0.512. The Morgan fingerprint density at radius 2 is 1.44 bits per heavy atom. The van der Waals surface area contributed by atoms with Crippen molar-refractivity contribution in [2.75, 3.05) is 19.6 Å². The monoisotopic (exact) mass is 247 g/mol. The van der Waals surface area contributed by atoms with Crippen LogP contribution in [0.2, 0.25) is 0 Å². The standard InChI is InChI=1S/C11H29N3OSi/c1-6-9-13-16(12-8-3,14-10-7-2)15-11(4)5/h11-14H,6-10H2,1-5H3. The van der Waals surface area contributed by atoms with Gasteiger partial charge in [0, 0.05) is 6.10 Å². The van der Waals surface area contributed by atoms with Crippen molar-refractivity contribution < 1.29 is 4.43 Å². The first-order valence-corrected chi connectivity index (χ1v) is 8.43. The van der Waals surface area contributed by atoms with Gasteiger partial charge >= 0.3 is 8.80 Å². The van der Waals surface area contributed by atoms with Crippen molar-refractivity contribution in [2.45, 2.75) is 53.6 Å². The second-order valence-electron chi connectivity index (χ2n) is 4.23. The molecule has 0 bridgehead atoms. The van der Waals surface area contributed by atoms with Crippen LogP contribution in [0, 0.1) is 0 Å². The second kappa shape index (κ2) is 9.12. The molecular weight excluding hydrogens is 218 g/mol. The minimum atomic E-state index is -2.15. The molecule has 0 saturated heterocycles. The van der Waals surface area contributed by atoms with Crippen molar-refractivity contribution in [3.05, 3.63) is 0 Å². The highest BCUT2D eigenvalue weighted by atomic mass is 28.4. The van der Waals surface area contributed by atoms with Gasteiger partial charge in [0.1, 0.15) is 0 Å². The van der Waals surface area contributed by atoms with Crippen LogP contribution in [0.3, 0.4) is 0 Å². The number of nitrogens with one attached hydrogen (secondary N) is 3. The molecule has 4 nitrogen and oxygen atoms in total. The first kappa shape index (κ1) is 16.1. The molecule has 0 spiro atoms. The van der Waals surface area contributed by atoms with Crippen LogP contribution in [0.1, 0.15) is 47.5 Å². The highest BCUT2D eigenvalue weighted by Crippen LogP contribution is 1.99. The molecule has 0 heterocycles. The molecule has 16 heavy (non-hydrogen) atoms. The summed E-state index contributed by atoms with van der Waals surface area (Å²) in [4.78, 5) is 10.6. The Labute approximate surface area is 102 Å². The number of rotatable bonds is 10. The van der Waals surface area contributed by atoms with Crippen molar-refractivity contribution in [1.29, 1.82) is 0 Å². The fourth-order valence-corrected chi connectivity index (χ4v) is 4.55. The van der Waals surface area contributed by atoms with Gasteiger partial charge in [0.2, 0.25) is 0 Å². The molecule has 0 atom stereocenters. The molecule has 3 N–H and O–H groups in total. The zero-order valence-corrected chi connectivity index (χ0v) is 12.5. The van der Waals surface area contributed by atoms with Gasteiger partial charge in [-0.2, -0.15) is 0 Å². The van der Waals surface area contributed by atoms with Gasteiger partial charge in [-0.25, -0.2) is 0 Å². The molecule has 5 heteroatoms. The summed E-state index contributed by atoms with van der Waals surface area (Å²) in [6.45, 7) is 13.5. The van der Waals surface area contributed by atoms with Gasteiger partial charge in [-0.3, -0.25) is 14.9 Å². The molecular formula is C11H29N3OSi. The van der Waals surface area contributed by atoms with Gasteiger partial charge in [0.05, 0.1) is 0 Å². The summed E-state index contributed by atoms with van der Waals surface area (Å²) >= 11 is 0. The zero-order chi connectivity index (χ0) is 12.4. The predicted molar refractivity (Wildman–Crippen MR) is 72.2 cm³/mol. The van der Waals surface area contributed by atoms with E-state index < -0.39 is 8.80 Å². The van der Waals surface area contributed by atoms with Crippen LogP contribution in [0.5, 0.6) is 0 Å². The van der Waals surface area contributed by atoms with E-state index in [4.69, 9.17) is 4.43 Å². The summed E-state index contributed by atoms with van der Waals surface area (Å²) in [6, 6.07) is 0. The average molecular weight is 247 g/mol. The summed E-state index contributed by atoms with van der Waals surface area (Å²) in [5, 5.41) is 0. The molecule has 0 unspecified atom stereocenters. The lowest BCUT2D eigenvalue weighted by atomic mass is 10.5. The summed E-state index contributed by atoms with van der Waals surface area (Å²) in [5.41, 5.74) is 0. The predicted octanol–water partition coefficient (Wildman–Crippen LogP) is 1.46. The Morgan fingerprint density at radius 3 is 1.75 bits per heavy atom. The van der Waals surface area contributed by atoms with Crippen LogP contribution in [0.4, 0.5) is 0 Å². The topological polar surface area (TPSA) is 45.3 Å². The first-order chi connectivity index (χ1) is 7.60. The van der Waals surface area contributed by atoms with E-state index in [-0.39, 0.29) is 6.10 Å². The summed E-state index contributed by atoms with van der Waals surface area (Å²) in [6.07, 6.45) is 2.48. The first-order valence-electron chi connectivity index (χ1n) is 6.53. The van der Waals surface area contributed by atoms with Gasteiger partial charge in [0.25, 0.3) is 0 Å². The average Bonchev–Trinajstić information content (AvgIpc) is 2.23. The van der Waals surface area contributed by atoms with Crippen LogP contribution in [-0.4, -0.2) is 34.5 Å². The van der Waals surface area contributed by atoms with E-state index >= 15 is 0 Å². The van der Waals surface area contributed by atoms with Crippen LogP contribution >= 0.6 is 0 Å². The summed E-state index contributed by atoms with van der Waals surface area (Å²) in [7, 11) is -2.15. The van der Waals surface area contributed by atoms with Gasteiger partial charge in [-0.1, -0.05) is 20.8 Å². The van der Waals surface area contributed by atoms with Gasteiger partial charge in [-0.15, -0.1) is 0 Å². The minimum Gasteiger partial charge on any atom is -0.378 e. The lowest BCUT2D eigenvalue weighted by molar-refractivity contribution is 0.202. The zero-order valence-electron chi connectivity index (χ0n) is 11.5. The molecule has 0 fully saturated rings. The SMILES string of the molecule is CCCN[Si](NCC)(NCCC)OC(C)C. The molecule has 0 rings (SSSR count). The minimum absolute atomic E-state index is 0.236. The van der Waals surface area contributed by atoms with Crippen molar-refractivity contribution >= 4 is 8.80 Å². The van der Waals surface area contributed by atoms with Crippen LogP contribution < -0.4 is 14.9 Å². The van der Waals surface area contributed by atoms with E-state index in [1.165, 1.54) is 0 Å². The highest BCUT2D eigenvalue weighted by Gasteiger charge is 2.36. The maximum atomic E-state index is 6.09. The van der Waals surface area contributed by atoms with Crippen LogP contribution in [0.15, 0.2) is 0 Å². The van der Waals surface area contributed by atoms with Gasteiger partial charge in [-0.05, 0) is 46.3 Å². The van der Waals surface area contributed by atoms with Crippen LogP contribution in [-0.2, 0) is 4.43 Å². The van der Waals surface area contributed by atoms with Crippen molar-refractivity contribution in [3.63, 3.8) is 0 Å². The fourth-order valence-electron chi connectivity index (χ4n) is 1.52. The Bertz CT molecular complexity index is 159. The molecule has 0 aliphatic carbocycles.